The van der Waals surface area contributed by atoms with E-state index in [9.17, 15) is 9.59 Å². The van der Waals surface area contributed by atoms with Crippen LogP contribution in [0.4, 0.5) is 0 Å². The largest absolute Gasteiger partial charge is 0.494 e. The summed E-state index contributed by atoms with van der Waals surface area (Å²) >= 11 is 0. The molecule has 1 aliphatic heterocycles. The number of unbranched alkanes of at least 4 members (excludes halogenated alkanes) is 1. The topological polar surface area (TPSA) is 71.8 Å². The Labute approximate surface area is 159 Å². The highest BCUT2D eigenvalue weighted by atomic mass is 16.5. The summed E-state index contributed by atoms with van der Waals surface area (Å²) in [4.78, 5) is 26.5. The summed E-state index contributed by atoms with van der Waals surface area (Å²) in [6.45, 7) is 3.82. The molecule has 6 heteroatoms. The predicted molar refractivity (Wildman–Crippen MR) is 102 cm³/mol. The van der Waals surface area contributed by atoms with E-state index in [4.69, 9.17) is 9.15 Å². The maximum absolute atomic E-state index is 12.4. The van der Waals surface area contributed by atoms with Crippen LogP contribution in [0.1, 0.15) is 41.8 Å². The van der Waals surface area contributed by atoms with Gasteiger partial charge in [0.2, 0.25) is 5.91 Å². The lowest BCUT2D eigenvalue weighted by Crippen LogP contribution is -2.46. The Morgan fingerprint density at radius 1 is 1.22 bits per heavy atom. The Hall–Kier alpha value is -2.76. The number of nitrogens with zero attached hydrogens (tertiary/aromatic N) is 1. The zero-order valence-electron chi connectivity index (χ0n) is 15.6. The van der Waals surface area contributed by atoms with E-state index in [1.807, 2.05) is 31.2 Å². The van der Waals surface area contributed by atoms with Crippen molar-refractivity contribution in [3.8, 4) is 5.75 Å². The summed E-state index contributed by atoms with van der Waals surface area (Å²) in [6, 6.07) is 10.9. The van der Waals surface area contributed by atoms with Crippen molar-refractivity contribution in [2.45, 2.75) is 38.6 Å². The zero-order chi connectivity index (χ0) is 19.1. The molecule has 0 spiro atoms. The van der Waals surface area contributed by atoms with E-state index in [0.717, 1.165) is 25.0 Å². The van der Waals surface area contributed by atoms with Gasteiger partial charge in [-0.1, -0.05) is 17.7 Å². The van der Waals surface area contributed by atoms with E-state index in [1.165, 1.54) is 11.8 Å². The van der Waals surface area contributed by atoms with Crippen LogP contribution in [0.5, 0.6) is 5.75 Å². The van der Waals surface area contributed by atoms with Crippen molar-refractivity contribution in [3.63, 3.8) is 0 Å². The van der Waals surface area contributed by atoms with Gasteiger partial charge in [0.25, 0.3) is 5.91 Å². The number of hydrogen-bond donors (Lipinski definition) is 1. The van der Waals surface area contributed by atoms with Crippen LogP contribution in [-0.4, -0.2) is 42.5 Å². The number of ether oxygens (including phenoxy) is 1. The molecule has 2 aromatic rings. The smallest absolute Gasteiger partial charge is 0.290 e. The van der Waals surface area contributed by atoms with Crippen molar-refractivity contribution in [1.82, 2.24) is 10.2 Å². The first kappa shape index (κ1) is 19.0. The highest BCUT2D eigenvalue weighted by Crippen LogP contribution is 2.20. The number of nitrogens with one attached hydrogen (secondary N) is 1. The van der Waals surface area contributed by atoms with Gasteiger partial charge in [0.15, 0.2) is 5.76 Å². The van der Waals surface area contributed by atoms with Crippen LogP contribution < -0.4 is 10.1 Å². The molecular weight excluding hydrogens is 344 g/mol. The molecule has 0 radical (unpaired) electrons. The Morgan fingerprint density at radius 2 is 2.04 bits per heavy atom. The van der Waals surface area contributed by atoms with Crippen LogP contribution in [-0.2, 0) is 4.79 Å². The van der Waals surface area contributed by atoms with Gasteiger partial charge < -0.3 is 19.4 Å². The predicted octanol–water partition coefficient (Wildman–Crippen LogP) is 3.17. The van der Waals surface area contributed by atoms with E-state index in [-0.39, 0.29) is 17.6 Å². The maximum Gasteiger partial charge on any atom is 0.290 e. The van der Waals surface area contributed by atoms with Gasteiger partial charge in [0.05, 0.1) is 12.9 Å². The highest BCUT2D eigenvalue weighted by Gasteiger charge is 2.35. The van der Waals surface area contributed by atoms with Gasteiger partial charge in [0, 0.05) is 13.1 Å². The summed E-state index contributed by atoms with van der Waals surface area (Å²) in [7, 11) is 0. The molecule has 27 heavy (non-hydrogen) atoms. The molecule has 1 aromatic heterocycles. The van der Waals surface area contributed by atoms with E-state index < -0.39 is 6.04 Å². The third kappa shape index (κ3) is 5.12. The third-order valence-corrected chi connectivity index (χ3v) is 4.71. The Bertz CT molecular complexity index is 740. The van der Waals surface area contributed by atoms with Crippen LogP contribution in [0.3, 0.4) is 0 Å². The van der Waals surface area contributed by atoms with Crippen LogP contribution in [0, 0.1) is 6.92 Å². The van der Waals surface area contributed by atoms with E-state index >= 15 is 0 Å². The molecule has 2 amide bonds. The Balaban J connectivity index is 1.36. The second kappa shape index (κ2) is 9.26. The van der Waals surface area contributed by atoms with Gasteiger partial charge in [-0.15, -0.1) is 0 Å². The van der Waals surface area contributed by atoms with Gasteiger partial charge in [-0.25, -0.2) is 0 Å². The van der Waals surface area contributed by atoms with Gasteiger partial charge in [-0.05, 0) is 56.9 Å². The summed E-state index contributed by atoms with van der Waals surface area (Å²) in [5.41, 5.74) is 1.21. The zero-order valence-corrected chi connectivity index (χ0v) is 15.6. The molecule has 3 rings (SSSR count). The van der Waals surface area contributed by atoms with Crippen molar-refractivity contribution in [2.75, 3.05) is 19.7 Å². The fourth-order valence-corrected chi connectivity index (χ4v) is 3.21. The van der Waals surface area contributed by atoms with Crippen molar-refractivity contribution in [1.29, 1.82) is 0 Å². The van der Waals surface area contributed by atoms with Gasteiger partial charge in [-0.3, -0.25) is 9.59 Å². The minimum atomic E-state index is -0.411. The Kier molecular flexibility index (Phi) is 6.52. The number of likely N-dealkylation sites (tertiary alicyclic amines) is 1. The summed E-state index contributed by atoms with van der Waals surface area (Å²) in [6.07, 6.45) is 4.67. The average molecular weight is 370 g/mol. The number of furan rings is 1. The summed E-state index contributed by atoms with van der Waals surface area (Å²) < 4.78 is 10.8. The molecule has 144 valence electrons. The Morgan fingerprint density at radius 3 is 2.78 bits per heavy atom. The van der Waals surface area contributed by atoms with E-state index in [2.05, 4.69) is 5.32 Å². The SMILES string of the molecule is Cc1ccc(OCCCCNC(=O)[C@@H]2CCCN2C(=O)c2ccco2)cc1. The quantitative estimate of drug-likeness (QED) is 0.725. The fourth-order valence-electron chi connectivity index (χ4n) is 3.21. The van der Waals surface area contributed by atoms with Crippen molar-refractivity contribution in [2.24, 2.45) is 0 Å². The minimum Gasteiger partial charge on any atom is -0.494 e. The first-order valence-corrected chi connectivity index (χ1v) is 9.47. The van der Waals surface area contributed by atoms with Crippen molar-refractivity contribution >= 4 is 11.8 Å². The third-order valence-electron chi connectivity index (χ3n) is 4.71. The normalized spacial score (nSPS) is 16.3. The molecule has 1 atom stereocenters. The van der Waals surface area contributed by atoms with Crippen LogP contribution in [0.15, 0.2) is 47.1 Å². The molecule has 1 aromatic carbocycles. The summed E-state index contributed by atoms with van der Waals surface area (Å²) in [5.74, 6) is 0.835. The monoisotopic (exact) mass is 370 g/mol. The number of carbonyl (C=O) groups is 2. The molecule has 0 aliphatic carbocycles. The fraction of sp³-hybridized carbons (Fsp3) is 0.429. The highest BCUT2D eigenvalue weighted by molar-refractivity contribution is 5.95. The standard InChI is InChI=1S/C21H26N2O4/c1-16-8-10-17(11-9-16)26-14-3-2-12-22-20(24)18-6-4-13-23(18)21(25)19-7-5-15-27-19/h5,7-11,15,18H,2-4,6,12-14H2,1H3,(H,22,24)/t18-/m0/s1. The molecule has 1 saturated heterocycles. The van der Waals surface area contributed by atoms with Crippen LogP contribution in [0.2, 0.25) is 0 Å². The lowest BCUT2D eigenvalue weighted by Gasteiger charge is -2.23. The van der Waals surface area contributed by atoms with E-state index in [0.29, 0.717) is 26.1 Å². The second-order valence-corrected chi connectivity index (χ2v) is 6.79. The number of amides is 2. The number of carbonyl (C=O) groups excluding carboxylic acids is 2. The lowest BCUT2D eigenvalue weighted by molar-refractivity contribution is -0.124. The number of rotatable bonds is 8. The van der Waals surface area contributed by atoms with Crippen molar-refractivity contribution < 1.29 is 18.7 Å². The molecule has 0 unspecified atom stereocenters. The first-order valence-electron chi connectivity index (χ1n) is 9.47. The van der Waals surface area contributed by atoms with Crippen LogP contribution in [0.25, 0.3) is 0 Å². The number of benzene rings is 1. The van der Waals surface area contributed by atoms with E-state index in [1.54, 1.807) is 17.0 Å². The molecule has 0 saturated carbocycles. The molecule has 1 aliphatic rings. The lowest BCUT2D eigenvalue weighted by atomic mass is 10.2. The molecule has 1 fully saturated rings. The van der Waals surface area contributed by atoms with Crippen molar-refractivity contribution in [3.05, 3.63) is 54.0 Å². The number of aryl methyl sites for hydroxylation is 1. The number of hydrogen-bond acceptors (Lipinski definition) is 4. The average Bonchev–Trinajstić information content (AvgIpc) is 3.37. The summed E-state index contributed by atoms with van der Waals surface area (Å²) in [5, 5.41) is 2.94. The minimum absolute atomic E-state index is 0.0909. The maximum atomic E-state index is 12.4. The molecular formula is C21H26N2O4. The molecule has 2 heterocycles. The molecule has 1 N–H and O–H groups in total. The second-order valence-electron chi connectivity index (χ2n) is 6.79. The first-order chi connectivity index (χ1) is 13.1. The van der Waals surface area contributed by atoms with Gasteiger partial charge >= 0.3 is 0 Å². The van der Waals surface area contributed by atoms with Gasteiger partial charge in [0.1, 0.15) is 11.8 Å². The van der Waals surface area contributed by atoms with Crippen LogP contribution >= 0.6 is 0 Å². The molecule has 6 nitrogen and oxygen atoms in total. The van der Waals surface area contributed by atoms with Gasteiger partial charge in [-0.2, -0.15) is 0 Å². The molecule has 0 bridgehead atoms.